The number of carbonyl (C=O) groups is 1. The molecule has 1 N–H and O–H groups in total. The molecule has 0 atom stereocenters. The van der Waals surface area contributed by atoms with Gasteiger partial charge in [-0.15, -0.1) is 0 Å². The second kappa shape index (κ2) is 3.88. The topological polar surface area (TPSA) is 55.0 Å². The van der Waals surface area contributed by atoms with Gasteiger partial charge in [-0.1, -0.05) is 0 Å². The lowest BCUT2D eigenvalue weighted by molar-refractivity contribution is 0.0783. The molecule has 60 valence electrons. The SMILES string of the molecule is CCOCC(=O)c1cn[nH]c1. The number of ether oxygens (including phenoxy) is 1. The van der Waals surface area contributed by atoms with Crippen molar-refractivity contribution in [3.8, 4) is 0 Å². The van der Waals surface area contributed by atoms with Crippen molar-refractivity contribution in [1.29, 1.82) is 0 Å². The number of hydrogen-bond donors (Lipinski definition) is 1. The van der Waals surface area contributed by atoms with Gasteiger partial charge >= 0.3 is 0 Å². The number of aromatic nitrogens is 2. The van der Waals surface area contributed by atoms with Crippen LogP contribution in [-0.2, 0) is 4.74 Å². The maximum absolute atomic E-state index is 11.1. The van der Waals surface area contributed by atoms with Crippen LogP contribution in [0.15, 0.2) is 12.4 Å². The molecule has 0 aliphatic carbocycles. The molecule has 4 heteroatoms. The van der Waals surface area contributed by atoms with Crippen LogP contribution in [0, 0.1) is 0 Å². The van der Waals surface area contributed by atoms with E-state index in [1.807, 2.05) is 6.92 Å². The molecule has 11 heavy (non-hydrogen) atoms. The molecule has 1 aromatic rings. The number of hydrogen-bond acceptors (Lipinski definition) is 3. The van der Waals surface area contributed by atoms with Crippen molar-refractivity contribution in [2.24, 2.45) is 0 Å². The van der Waals surface area contributed by atoms with Crippen molar-refractivity contribution < 1.29 is 9.53 Å². The summed E-state index contributed by atoms with van der Waals surface area (Å²) < 4.78 is 4.93. The molecule has 4 nitrogen and oxygen atoms in total. The average molecular weight is 154 g/mol. The lowest BCUT2D eigenvalue weighted by atomic mass is 10.2. The van der Waals surface area contributed by atoms with Gasteiger partial charge in [0.25, 0.3) is 0 Å². The first-order valence-electron chi connectivity index (χ1n) is 3.44. The van der Waals surface area contributed by atoms with Gasteiger partial charge in [0.15, 0.2) is 5.78 Å². The van der Waals surface area contributed by atoms with E-state index in [9.17, 15) is 4.79 Å². The molecule has 0 aromatic carbocycles. The lowest BCUT2D eigenvalue weighted by Crippen LogP contribution is -2.07. The Morgan fingerprint density at radius 1 is 1.82 bits per heavy atom. The molecule has 0 fully saturated rings. The molecule has 1 heterocycles. The minimum Gasteiger partial charge on any atom is -0.374 e. The van der Waals surface area contributed by atoms with E-state index in [2.05, 4.69) is 10.2 Å². The number of carbonyl (C=O) groups excluding carboxylic acids is 1. The predicted octanol–water partition coefficient (Wildman–Crippen LogP) is 0.629. The van der Waals surface area contributed by atoms with Crippen LogP contribution in [0.4, 0.5) is 0 Å². The third kappa shape index (κ3) is 2.16. The molecular weight excluding hydrogens is 144 g/mol. The predicted molar refractivity (Wildman–Crippen MR) is 39.4 cm³/mol. The van der Waals surface area contributed by atoms with Crippen molar-refractivity contribution >= 4 is 5.78 Å². The lowest BCUT2D eigenvalue weighted by Gasteiger charge is -1.95. The van der Waals surface area contributed by atoms with Crippen LogP contribution in [-0.4, -0.2) is 29.2 Å². The van der Waals surface area contributed by atoms with Gasteiger partial charge in [0.2, 0.25) is 0 Å². The van der Waals surface area contributed by atoms with E-state index in [0.29, 0.717) is 12.2 Å². The fourth-order valence-corrected chi connectivity index (χ4v) is 0.681. The Morgan fingerprint density at radius 2 is 2.64 bits per heavy atom. The number of ketones is 1. The van der Waals surface area contributed by atoms with E-state index >= 15 is 0 Å². The average Bonchev–Trinajstić information content (AvgIpc) is 2.52. The highest BCUT2D eigenvalue weighted by atomic mass is 16.5. The Labute approximate surface area is 64.6 Å². The number of nitrogens with one attached hydrogen (secondary N) is 1. The molecular formula is C7H10N2O2. The molecule has 0 amide bonds. The van der Waals surface area contributed by atoms with Crippen molar-refractivity contribution in [2.45, 2.75) is 6.92 Å². The Bertz CT molecular complexity index is 218. The van der Waals surface area contributed by atoms with E-state index in [-0.39, 0.29) is 12.4 Å². The maximum Gasteiger partial charge on any atom is 0.191 e. The highest BCUT2D eigenvalue weighted by Crippen LogP contribution is 1.95. The minimum absolute atomic E-state index is 0.0411. The van der Waals surface area contributed by atoms with E-state index in [1.165, 1.54) is 6.20 Å². The van der Waals surface area contributed by atoms with Crippen molar-refractivity contribution in [3.05, 3.63) is 18.0 Å². The van der Waals surface area contributed by atoms with E-state index in [1.54, 1.807) is 6.20 Å². The summed E-state index contributed by atoms with van der Waals surface area (Å²) in [6, 6.07) is 0. The summed E-state index contributed by atoms with van der Waals surface area (Å²) in [6.45, 7) is 2.54. The highest BCUT2D eigenvalue weighted by Gasteiger charge is 2.04. The van der Waals surface area contributed by atoms with Crippen LogP contribution in [0.5, 0.6) is 0 Å². The largest absolute Gasteiger partial charge is 0.374 e. The normalized spacial score (nSPS) is 9.91. The van der Waals surface area contributed by atoms with Gasteiger partial charge < -0.3 is 4.74 Å². The van der Waals surface area contributed by atoms with Gasteiger partial charge in [0.1, 0.15) is 6.61 Å². The summed E-state index contributed by atoms with van der Waals surface area (Å²) in [5.41, 5.74) is 0.568. The Morgan fingerprint density at radius 3 is 3.18 bits per heavy atom. The van der Waals surface area contributed by atoms with Crippen LogP contribution in [0.1, 0.15) is 17.3 Å². The van der Waals surface area contributed by atoms with Crippen molar-refractivity contribution in [1.82, 2.24) is 10.2 Å². The minimum atomic E-state index is -0.0411. The Kier molecular flexibility index (Phi) is 2.80. The summed E-state index contributed by atoms with van der Waals surface area (Å²) in [6.07, 6.45) is 3.04. The van der Waals surface area contributed by atoms with Crippen LogP contribution in [0.25, 0.3) is 0 Å². The first-order valence-corrected chi connectivity index (χ1v) is 3.44. The van der Waals surface area contributed by atoms with Gasteiger partial charge in [-0.05, 0) is 6.92 Å². The van der Waals surface area contributed by atoms with Crippen LogP contribution < -0.4 is 0 Å². The smallest absolute Gasteiger partial charge is 0.191 e. The Balaban J connectivity index is 2.43. The third-order valence-electron chi connectivity index (χ3n) is 1.26. The standard InChI is InChI=1S/C7H10N2O2/c1-2-11-5-7(10)6-3-8-9-4-6/h3-4H,2,5H2,1H3,(H,8,9). The van der Waals surface area contributed by atoms with Gasteiger partial charge in [-0.3, -0.25) is 9.89 Å². The van der Waals surface area contributed by atoms with Gasteiger partial charge in [0, 0.05) is 12.8 Å². The third-order valence-corrected chi connectivity index (χ3v) is 1.26. The fourth-order valence-electron chi connectivity index (χ4n) is 0.681. The number of Topliss-reactive ketones (excluding diaryl/α,β-unsaturated/α-hetero) is 1. The zero-order valence-corrected chi connectivity index (χ0v) is 6.33. The number of nitrogens with zero attached hydrogens (tertiary/aromatic N) is 1. The number of H-pyrrole nitrogens is 1. The zero-order valence-electron chi connectivity index (χ0n) is 6.33. The molecule has 0 radical (unpaired) electrons. The summed E-state index contributed by atoms with van der Waals surface area (Å²) in [5.74, 6) is -0.0411. The molecule has 0 aliphatic heterocycles. The Hall–Kier alpha value is -1.16. The molecule has 1 aromatic heterocycles. The number of rotatable bonds is 4. The maximum atomic E-state index is 11.1. The van der Waals surface area contributed by atoms with E-state index in [0.717, 1.165) is 0 Å². The van der Waals surface area contributed by atoms with Crippen LogP contribution in [0.3, 0.4) is 0 Å². The fraction of sp³-hybridized carbons (Fsp3) is 0.429. The highest BCUT2D eigenvalue weighted by molar-refractivity contribution is 5.96. The van der Waals surface area contributed by atoms with Gasteiger partial charge in [-0.25, -0.2) is 0 Å². The second-order valence-electron chi connectivity index (χ2n) is 2.05. The molecule has 0 bridgehead atoms. The first kappa shape index (κ1) is 7.94. The summed E-state index contributed by atoms with van der Waals surface area (Å²) in [7, 11) is 0. The summed E-state index contributed by atoms with van der Waals surface area (Å²) in [5, 5.41) is 6.21. The molecule has 0 spiro atoms. The molecule has 1 rings (SSSR count). The summed E-state index contributed by atoms with van der Waals surface area (Å²) >= 11 is 0. The van der Waals surface area contributed by atoms with Gasteiger partial charge in [0.05, 0.1) is 11.8 Å². The van der Waals surface area contributed by atoms with Gasteiger partial charge in [-0.2, -0.15) is 5.10 Å². The molecule has 0 saturated heterocycles. The van der Waals surface area contributed by atoms with Crippen LogP contribution in [0.2, 0.25) is 0 Å². The summed E-state index contributed by atoms with van der Waals surface area (Å²) in [4.78, 5) is 11.1. The van der Waals surface area contributed by atoms with E-state index < -0.39 is 0 Å². The zero-order chi connectivity index (χ0) is 8.10. The molecule has 0 aliphatic rings. The molecule has 0 unspecified atom stereocenters. The quantitative estimate of drug-likeness (QED) is 0.647. The second-order valence-corrected chi connectivity index (χ2v) is 2.05. The number of aromatic amines is 1. The van der Waals surface area contributed by atoms with Crippen molar-refractivity contribution in [2.75, 3.05) is 13.2 Å². The van der Waals surface area contributed by atoms with Crippen LogP contribution >= 0.6 is 0 Å². The first-order chi connectivity index (χ1) is 5.34. The van der Waals surface area contributed by atoms with E-state index in [4.69, 9.17) is 4.74 Å². The van der Waals surface area contributed by atoms with Crippen molar-refractivity contribution in [3.63, 3.8) is 0 Å². The molecule has 0 saturated carbocycles. The monoisotopic (exact) mass is 154 g/mol.